The molecule has 4 saturated heterocycles. The van der Waals surface area contributed by atoms with Crippen molar-refractivity contribution in [1.82, 2.24) is 0 Å². The fourth-order valence-corrected chi connectivity index (χ4v) is 4.44. The molecule has 17 heteroatoms. The van der Waals surface area contributed by atoms with Gasteiger partial charge in [-0.2, -0.15) is 0 Å². The van der Waals surface area contributed by atoms with Gasteiger partial charge in [-0.05, 0) is 0 Å². The molecule has 0 aromatic carbocycles. The largest absolute Gasteiger partial charge is 0.394 e. The Balaban J connectivity index is 1.48. The molecule has 17 nitrogen and oxygen atoms in total. The van der Waals surface area contributed by atoms with Gasteiger partial charge >= 0.3 is 0 Å². The Hall–Kier alpha value is -0.680. The summed E-state index contributed by atoms with van der Waals surface area (Å²) in [4.78, 5) is 0. The van der Waals surface area contributed by atoms with E-state index >= 15 is 0 Å². The zero-order valence-corrected chi connectivity index (χ0v) is 19.4. The van der Waals surface area contributed by atoms with Gasteiger partial charge in [0.2, 0.25) is 0 Å². The van der Waals surface area contributed by atoms with E-state index in [1.807, 2.05) is 0 Å². The molecule has 0 aromatic rings. The van der Waals surface area contributed by atoms with Crippen LogP contribution in [0.25, 0.3) is 0 Å². The maximum atomic E-state index is 11.0. The van der Waals surface area contributed by atoms with Gasteiger partial charge < -0.3 is 84.2 Å². The first-order valence-electron chi connectivity index (χ1n) is 11.7. The third-order valence-electron chi connectivity index (χ3n) is 6.72. The smallest absolute Gasteiger partial charge is 0.187 e. The molecule has 0 amide bonds. The minimum atomic E-state index is -1.74. The van der Waals surface area contributed by atoms with Crippen LogP contribution >= 0.6 is 0 Å². The third-order valence-corrected chi connectivity index (χ3v) is 6.72. The van der Waals surface area contributed by atoms with Crippen LogP contribution in [0.4, 0.5) is 0 Å². The minimum absolute atomic E-state index is 0.366. The summed E-state index contributed by atoms with van der Waals surface area (Å²) in [5.41, 5.74) is 0. The highest BCUT2D eigenvalue weighted by molar-refractivity contribution is 4.93. The van der Waals surface area contributed by atoms with Gasteiger partial charge in [0.05, 0.1) is 26.4 Å². The first-order chi connectivity index (χ1) is 17.5. The predicted molar refractivity (Wildman–Crippen MR) is 110 cm³/mol. The Morgan fingerprint density at radius 3 is 1.81 bits per heavy atom. The molecule has 0 spiro atoms. The standard InChI is InChI=1S/C20H34O17/c21-1-6-10(24)14(28)20(34-6)37-16-8(36-18-13(27)9(23)5(22)2-32-18)4-33-19(15(16)29)35-7-3-31-17(30)12(26)11(7)25/h5-30H,1-4H2/t5-,6+,7-,8-,9+,10-,11+,12?,13?,14?,15?,16+,17-,18+,19+,20+/m1/s1. The fraction of sp³-hybridized carbons (Fsp3) is 1.00. The van der Waals surface area contributed by atoms with E-state index in [0.29, 0.717) is 0 Å². The number of ether oxygens (including phenoxy) is 7. The molecule has 37 heavy (non-hydrogen) atoms. The highest BCUT2D eigenvalue weighted by Gasteiger charge is 2.52. The quantitative estimate of drug-likeness (QED) is 0.142. The van der Waals surface area contributed by atoms with Crippen LogP contribution in [0, 0.1) is 0 Å². The van der Waals surface area contributed by atoms with Crippen LogP contribution in [-0.2, 0) is 33.2 Å². The second-order valence-electron chi connectivity index (χ2n) is 9.30. The Morgan fingerprint density at radius 2 is 1.14 bits per heavy atom. The summed E-state index contributed by atoms with van der Waals surface area (Å²) in [5, 5.41) is 100. The van der Waals surface area contributed by atoms with Crippen molar-refractivity contribution in [3.63, 3.8) is 0 Å². The first-order valence-corrected chi connectivity index (χ1v) is 11.7. The normalized spacial score (nSPS) is 53.4. The minimum Gasteiger partial charge on any atom is -0.394 e. The second-order valence-corrected chi connectivity index (χ2v) is 9.30. The molecule has 0 bridgehead atoms. The first kappa shape index (κ1) is 29.3. The molecule has 4 rings (SSSR count). The van der Waals surface area contributed by atoms with Gasteiger partial charge in [0.25, 0.3) is 0 Å². The van der Waals surface area contributed by atoms with E-state index in [4.69, 9.17) is 33.2 Å². The Bertz CT molecular complexity index is 731. The average molecular weight is 546 g/mol. The highest BCUT2D eigenvalue weighted by Crippen LogP contribution is 2.31. The summed E-state index contributed by atoms with van der Waals surface area (Å²) in [6.07, 6.45) is -24.2. The van der Waals surface area contributed by atoms with Crippen LogP contribution in [0.5, 0.6) is 0 Å². The summed E-state index contributed by atoms with van der Waals surface area (Å²) in [7, 11) is 0. The molecule has 4 fully saturated rings. The summed E-state index contributed by atoms with van der Waals surface area (Å²) in [6.45, 7) is -1.79. The zero-order chi connectivity index (χ0) is 27.0. The van der Waals surface area contributed by atoms with Crippen LogP contribution in [0.3, 0.4) is 0 Å². The summed E-state index contributed by atoms with van der Waals surface area (Å²) < 4.78 is 37.9. The molecule has 216 valence electrons. The van der Waals surface area contributed by atoms with Crippen molar-refractivity contribution in [2.45, 2.75) is 98.4 Å². The molecular formula is C20H34O17. The Labute approximate surface area is 209 Å². The lowest BCUT2D eigenvalue weighted by atomic mass is 10.0. The molecule has 0 aromatic heterocycles. The van der Waals surface area contributed by atoms with E-state index < -0.39 is 112 Å². The van der Waals surface area contributed by atoms with Gasteiger partial charge in [-0.1, -0.05) is 0 Å². The molecule has 16 atom stereocenters. The van der Waals surface area contributed by atoms with Crippen molar-refractivity contribution in [2.75, 3.05) is 26.4 Å². The van der Waals surface area contributed by atoms with E-state index in [0.717, 1.165) is 0 Å². The monoisotopic (exact) mass is 546 g/mol. The molecule has 4 unspecified atom stereocenters. The van der Waals surface area contributed by atoms with Gasteiger partial charge in [-0.3, -0.25) is 0 Å². The highest BCUT2D eigenvalue weighted by atomic mass is 16.8. The number of aliphatic hydroxyl groups excluding tert-OH is 10. The van der Waals surface area contributed by atoms with Gasteiger partial charge in [0.1, 0.15) is 73.2 Å². The average Bonchev–Trinajstić information content (AvgIpc) is 3.15. The topological polar surface area (TPSA) is 267 Å². The number of aliphatic hydroxyl groups is 10. The van der Waals surface area contributed by atoms with Gasteiger partial charge in [-0.25, -0.2) is 0 Å². The summed E-state index contributed by atoms with van der Waals surface area (Å²) in [5.74, 6) is 0. The number of rotatable bonds is 7. The van der Waals surface area contributed by atoms with Gasteiger partial charge in [0, 0.05) is 0 Å². The maximum Gasteiger partial charge on any atom is 0.187 e. The van der Waals surface area contributed by atoms with E-state index in [2.05, 4.69) is 0 Å². The molecule has 0 radical (unpaired) electrons. The van der Waals surface area contributed by atoms with Crippen LogP contribution in [0.1, 0.15) is 0 Å². The van der Waals surface area contributed by atoms with E-state index in [1.54, 1.807) is 0 Å². The zero-order valence-electron chi connectivity index (χ0n) is 19.4. The lowest BCUT2D eigenvalue weighted by molar-refractivity contribution is -0.362. The SMILES string of the molecule is OC[C@@H]1O[C@@H](O[C@@H]2C(O)[C@H](O[C@@H]3CO[C@@H](O)C(O)[C@H]3O)OC[C@H]2O[C@@H]2OC[C@@H](O)[C@H](O)C2O)C(O)[C@@H]1O. The summed E-state index contributed by atoms with van der Waals surface area (Å²) in [6, 6.07) is 0. The second kappa shape index (κ2) is 12.2. The van der Waals surface area contributed by atoms with Crippen LogP contribution in [0.15, 0.2) is 0 Å². The molecular weight excluding hydrogens is 512 g/mol. The van der Waals surface area contributed by atoms with Crippen molar-refractivity contribution in [3.8, 4) is 0 Å². The van der Waals surface area contributed by atoms with Crippen LogP contribution in [0.2, 0.25) is 0 Å². The van der Waals surface area contributed by atoms with Crippen molar-refractivity contribution >= 4 is 0 Å². The van der Waals surface area contributed by atoms with Crippen LogP contribution < -0.4 is 0 Å². The van der Waals surface area contributed by atoms with E-state index in [9.17, 15) is 51.1 Å². The summed E-state index contributed by atoms with van der Waals surface area (Å²) >= 11 is 0. The predicted octanol–water partition coefficient (Wildman–Crippen LogP) is -7.19. The van der Waals surface area contributed by atoms with E-state index in [1.165, 1.54) is 0 Å². The molecule has 0 aliphatic carbocycles. The number of hydrogen-bond acceptors (Lipinski definition) is 17. The molecule has 4 aliphatic heterocycles. The lowest BCUT2D eigenvalue weighted by Crippen LogP contribution is -2.62. The Morgan fingerprint density at radius 1 is 0.541 bits per heavy atom. The molecule has 10 N–H and O–H groups in total. The van der Waals surface area contributed by atoms with Gasteiger partial charge in [-0.15, -0.1) is 0 Å². The maximum absolute atomic E-state index is 11.0. The van der Waals surface area contributed by atoms with Crippen molar-refractivity contribution in [3.05, 3.63) is 0 Å². The van der Waals surface area contributed by atoms with Crippen LogP contribution in [-0.4, -0.2) is 176 Å². The lowest BCUT2D eigenvalue weighted by Gasteiger charge is -2.45. The number of hydrogen-bond donors (Lipinski definition) is 10. The third kappa shape index (κ3) is 6.08. The van der Waals surface area contributed by atoms with Gasteiger partial charge in [0.15, 0.2) is 25.2 Å². The molecule has 4 heterocycles. The molecule has 0 saturated carbocycles. The van der Waals surface area contributed by atoms with Crippen molar-refractivity contribution in [2.24, 2.45) is 0 Å². The Kier molecular flexibility index (Phi) is 9.69. The van der Waals surface area contributed by atoms with Crippen molar-refractivity contribution < 1.29 is 84.2 Å². The van der Waals surface area contributed by atoms with Crippen molar-refractivity contribution in [1.29, 1.82) is 0 Å². The fourth-order valence-electron chi connectivity index (χ4n) is 4.44. The molecule has 4 aliphatic rings. The van der Waals surface area contributed by atoms with E-state index in [-0.39, 0.29) is 13.2 Å².